The first-order valence-corrected chi connectivity index (χ1v) is 7.59. The number of benzene rings is 2. The molecule has 0 unspecified atom stereocenters. The van der Waals surface area contributed by atoms with E-state index in [4.69, 9.17) is 0 Å². The van der Waals surface area contributed by atoms with Crippen molar-refractivity contribution in [3.63, 3.8) is 0 Å². The van der Waals surface area contributed by atoms with Crippen LogP contribution in [0, 0.1) is 10.5 Å². The van der Waals surface area contributed by atoms with Gasteiger partial charge in [-0.15, -0.1) is 0 Å². The lowest BCUT2D eigenvalue weighted by molar-refractivity contribution is -0.136. The Kier molecular flexibility index (Phi) is 5.65. The zero-order valence-corrected chi connectivity index (χ0v) is 14.0. The van der Waals surface area contributed by atoms with Crippen LogP contribution in [0.2, 0.25) is 0 Å². The molecule has 6 heteroatoms. The molecule has 0 aliphatic rings. The highest BCUT2D eigenvalue weighted by Crippen LogP contribution is 2.09. The summed E-state index contributed by atoms with van der Waals surface area (Å²) in [5.41, 5.74) is 4.60. The van der Waals surface area contributed by atoms with E-state index in [0.29, 0.717) is 5.69 Å². The first-order chi connectivity index (χ1) is 10.5. The SMILES string of the molecule is Cc1cccc(NC(=O)C(=O)N/N=C\c2ccc(I)cc2)c1. The van der Waals surface area contributed by atoms with Crippen LogP contribution in [0.1, 0.15) is 11.1 Å². The number of anilines is 1. The maximum Gasteiger partial charge on any atom is 0.329 e. The van der Waals surface area contributed by atoms with Gasteiger partial charge in [0.2, 0.25) is 0 Å². The maximum absolute atomic E-state index is 11.7. The number of carbonyl (C=O) groups excluding carboxylic acids is 2. The first kappa shape index (κ1) is 16.2. The van der Waals surface area contributed by atoms with E-state index in [9.17, 15) is 9.59 Å². The van der Waals surface area contributed by atoms with Crippen molar-refractivity contribution >= 4 is 46.3 Å². The predicted octanol–water partition coefficient (Wildman–Crippen LogP) is 2.69. The quantitative estimate of drug-likeness (QED) is 0.356. The van der Waals surface area contributed by atoms with Gasteiger partial charge >= 0.3 is 11.8 Å². The van der Waals surface area contributed by atoms with E-state index < -0.39 is 11.8 Å². The maximum atomic E-state index is 11.7. The second kappa shape index (κ2) is 7.69. The summed E-state index contributed by atoms with van der Waals surface area (Å²) >= 11 is 2.20. The lowest BCUT2D eigenvalue weighted by atomic mass is 10.2. The number of hydrogen-bond acceptors (Lipinski definition) is 3. The zero-order chi connectivity index (χ0) is 15.9. The standard InChI is InChI=1S/C16H14IN3O2/c1-11-3-2-4-14(9-11)19-15(21)16(22)20-18-10-12-5-7-13(17)8-6-12/h2-10H,1H3,(H,19,21)(H,20,22)/b18-10-. The second-order valence-corrected chi connectivity index (χ2v) is 5.82. The fourth-order valence-corrected chi connectivity index (χ4v) is 2.04. The fourth-order valence-electron chi connectivity index (χ4n) is 1.68. The molecule has 22 heavy (non-hydrogen) atoms. The summed E-state index contributed by atoms with van der Waals surface area (Å²) in [7, 11) is 0. The highest BCUT2D eigenvalue weighted by Gasteiger charge is 2.12. The molecule has 0 bridgehead atoms. The van der Waals surface area contributed by atoms with Crippen LogP contribution in [0.25, 0.3) is 0 Å². The number of carbonyl (C=O) groups is 2. The van der Waals surface area contributed by atoms with Crippen molar-refractivity contribution in [2.75, 3.05) is 5.32 Å². The van der Waals surface area contributed by atoms with Crippen molar-refractivity contribution in [3.8, 4) is 0 Å². The third-order valence-electron chi connectivity index (χ3n) is 2.73. The molecular weight excluding hydrogens is 393 g/mol. The summed E-state index contributed by atoms with van der Waals surface area (Å²) in [6, 6.07) is 14.8. The van der Waals surface area contributed by atoms with Crippen molar-refractivity contribution in [2.24, 2.45) is 5.10 Å². The van der Waals surface area contributed by atoms with Gasteiger partial charge in [0, 0.05) is 9.26 Å². The van der Waals surface area contributed by atoms with E-state index in [1.807, 2.05) is 37.3 Å². The Balaban J connectivity index is 1.89. The van der Waals surface area contributed by atoms with E-state index in [1.165, 1.54) is 6.21 Å². The Bertz CT molecular complexity index is 712. The number of nitrogens with one attached hydrogen (secondary N) is 2. The molecule has 0 radical (unpaired) electrons. The van der Waals surface area contributed by atoms with Gasteiger partial charge in [-0.3, -0.25) is 9.59 Å². The van der Waals surface area contributed by atoms with Gasteiger partial charge in [0.05, 0.1) is 6.21 Å². The zero-order valence-electron chi connectivity index (χ0n) is 11.8. The summed E-state index contributed by atoms with van der Waals surface area (Å²) in [6.45, 7) is 1.90. The monoisotopic (exact) mass is 407 g/mol. The van der Waals surface area contributed by atoms with E-state index in [-0.39, 0.29) is 0 Å². The molecule has 0 saturated heterocycles. The molecule has 112 valence electrons. The van der Waals surface area contributed by atoms with E-state index in [2.05, 4.69) is 38.4 Å². The Morgan fingerprint density at radius 1 is 1.09 bits per heavy atom. The van der Waals surface area contributed by atoms with E-state index in [1.54, 1.807) is 18.2 Å². The van der Waals surface area contributed by atoms with Crippen molar-refractivity contribution in [3.05, 3.63) is 63.2 Å². The van der Waals surface area contributed by atoms with Crippen LogP contribution >= 0.6 is 22.6 Å². The van der Waals surface area contributed by atoms with Gasteiger partial charge in [0.25, 0.3) is 0 Å². The molecule has 5 nitrogen and oxygen atoms in total. The van der Waals surface area contributed by atoms with Gasteiger partial charge in [-0.05, 0) is 64.9 Å². The summed E-state index contributed by atoms with van der Waals surface area (Å²) in [5.74, 6) is -1.58. The fraction of sp³-hybridized carbons (Fsp3) is 0.0625. The topological polar surface area (TPSA) is 70.6 Å². The highest BCUT2D eigenvalue weighted by atomic mass is 127. The summed E-state index contributed by atoms with van der Waals surface area (Å²) < 4.78 is 1.11. The number of aryl methyl sites for hydroxylation is 1. The van der Waals surface area contributed by atoms with Crippen LogP contribution in [-0.4, -0.2) is 18.0 Å². The minimum atomic E-state index is -0.816. The number of hydrogen-bond donors (Lipinski definition) is 2. The van der Waals surface area contributed by atoms with Crippen LogP contribution in [-0.2, 0) is 9.59 Å². The Morgan fingerprint density at radius 2 is 1.82 bits per heavy atom. The first-order valence-electron chi connectivity index (χ1n) is 6.51. The minimum Gasteiger partial charge on any atom is -0.318 e. The van der Waals surface area contributed by atoms with E-state index >= 15 is 0 Å². The molecule has 2 aromatic rings. The molecule has 2 N–H and O–H groups in total. The average Bonchev–Trinajstić information content (AvgIpc) is 2.49. The summed E-state index contributed by atoms with van der Waals surface area (Å²) in [4.78, 5) is 23.4. The van der Waals surface area contributed by atoms with Crippen LogP contribution in [0.4, 0.5) is 5.69 Å². The molecule has 0 aliphatic heterocycles. The third kappa shape index (κ3) is 4.96. The van der Waals surface area contributed by atoms with Gasteiger partial charge in [0.15, 0.2) is 0 Å². The number of nitrogens with zero attached hydrogens (tertiary/aromatic N) is 1. The smallest absolute Gasteiger partial charge is 0.318 e. The van der Waals surface area contributed by atoms with Gasteiger partial charge in [-0.25, -0.2) is 5.43 Å². The highest BCUT2D eigenvalue weighted by molar-refractivity contribution is 14.1. The van der Waals surface area contributed by atoms with Crippen LogP contribution in [0.3, 0.4) is 0 Å². The average molecular weight is 407 g/mol. The van der Waals surface area contributed by atoms with Gasteiger partial charge in [-0.1, -0.05) is 24.3 Å². The van der Waals surface area contributed by atoms with Gasteiger partial charge in [0.1, 0.15) is 0 Å². The Labute approximate surface area is 141 Å². The van der Waals surface area contributed by atoms with Crippen molar-refractivity contribution in [1.82, 2.24) is 5.43 Å². The van der Waals surface area contributed by atoms with E-state index in [0.717, 1.165) is 14.7 Å². The van der Waals surface area contributed by atoms with Crippen LogP contribution < -0.4 is 10.7 Å². The van der Waals surface area contributed by atoms with Crippen LogP contribution in [0.5, 0.6) is 0 Å². The minimum absolute atomic E-state index is 0.571. The number of hydrazone groups is 1. The molecule has 0 saturated carbocycles. The number of halogens is 1. The van der Waals surface area contributed by atoms with Crippen molar-refractivity contribution < 1.29 is 9.59 Å². The number of rotatable bonds is 3. The van der Waals surface area contributed by atoms with Gasteiger partial charge < -0.3 is 5.32 Å². The number of amides is 2. The molecule has 2 rings (SSSR count). The molecule has 0 heterocycles. The molecule has 2 aromatic carbocycles. The van der Waals surface area contributed by atoms with Gasteiger partial charge in [-0.2, -0.15) is 5.10 Å². The molecule has 0 aromatic heterocycles. The molecule has 0 aliphatic carbocycles. The molecule has 0 atom stereocenters. The normalized spacial score (nSPS) is 10.5. The Hall–Kier alpha value is -2.22. The lowest BCUT2D eigenvalue weighted by Crippen LogP contribution is -2.32. The second-order valence-electron chi connectivity index (χ2n) is 4.57. The Morgan fingerprint density at radius 3 is 2.50 bits per heavy atom. The third-order valence-corrected chi connectivity index (χ3v) is 3.45. The summed E-state index contributed by atoms with van der Waals surface area (Å²) in [6.07, 6.45) is 1.48. The van der Waals surface area contributed by atoms with Crippen molar-refractivity contribution in [1.29, 1.82) is 0 Å². The lowest BCUT2D eigenvalue weighted by Gasteiger charge is -2.04. The molecule has 2 amide bonds. The summed E-state index contributed by atoms with van der Waals surface area (Å²) in [5, 5.41) is 6.28. The van der Waals surface area contributed by atoms with Crippen molar-refractivity contribution in [2.45, 2.75) is 6.92 Å². The molecule has 0 spiro atoms. The largest absolute Gasteiger partial charge is 0.329 e. The molecule has 0 fully saturated rings. The predicted molar refractivity (Wildman–Crippen MR) is 94.7 cm³/mol. The molecular formula is C16H14IN3O2. The van der Waals surface area contributed by atoms with Crippen LogP contribution in [0.15, 0.2) is 53.6 Å².